The Morgan fingerprint density at radius 3 is 2.44 bits per heavy atom. The van der Waals surface area contributed by atoms with Crippen LogP contribution in [-0.4, -0.2) is 38.4 Å². The lowest BCUT2D eigenvalue weighted by Crippen LogP contribution is -2.14. The highest BCUT2D eigenvalue weighted by atomic mass is 16.5. The molecule has 0 amide bonds. The summed E-state index contributed by atoms with van der Waals surface area (Å²) in [6.45, 7) is 3.02. The van der Waals surface area contributed by atoms with Crippen molar-refractivity contribution in [3.05, 3.63) is 84.0 Å². The van der Waals surface area contributed by atoms with Crippen LogP contribution in [0.25, 0.3) is 17.2 Å². The van der Waals surface area contributed by atoms with E-state index in [9.17, 15) is 15.0 Å². The van der Waals surface area contributed by atoms with Crippen molar-refractivity contribution in [2.75, 3.05) is 6.61 Å². The summed E-state index contributed by atoms with van der Waals surface area (Å²) in [5.74, 6) is 0.615. The van der Waals surface area contributed by atoms with Gasteiger partial charge in [-0.2, -0.15) is 0 Å². The summed E-state index contributed by atoms with van der Waals surface area (Å²) in [5.41, 5.74) is 4.46. The molecule has 3 aromatic rings. The molecular weight excluding hydrogens is 404 g/mol. The Hall–Kier alpha value is -3.22. The first-order valence-corrected chi connectivity index (χ1v) is 10.8. The lowest BCUT2D eigenvalue weighted by Gasteiger charge is -2.16. The molecule has 1 aromatic heterocycles. The number of hydrogen-bond acceptors (Lipinski definition) is 5. The van der Waals surface area contributed by atoms with E-state index in [1.165, 1.54) is 12.5 Å². The number of imidazole rings is 1. The largest absolute Gasteiger partial charge is 0.462 e. The zero-order valence-corrected chi connectivity index (χ0v) is 18.3. The van der Waals surface area contributed by atoms with Gasteiger partial charge in [0.15, 0.2) is 0 Å². The van der Waals surface area contributed by atoms with Crippen LogP contribution in [0, 0.1) is 0 Å². The lowest BCUT2D eigenvalue weighted by atomic mass is 10.0. The molecule has 0 aliphatic heterocycles. The standard InChI is InChI=1S/C26H28N2O4/c1-17(30)26-27-13-14-28(26)23(16-29)12-5-19-3-6-20(7-4-19)21-8-10-22(11-9-21)24-15-25(24)32-18(2)31/h3-14,17,23-25,29-30H,15-16H2,1-2H3/b12-5+/t17-,23-,24-,25+/m0/s1. The molecule has 1 aliphatic carbocycles. The molecule has 1 saturated carbocycles. The van der Waals surface area contributed by atoms with Gasteiger partial charge in [-0.3, -0.25) is 4.79 Å². The Balaban J connectivity index is 1.42. The third kappa shape index (κ3) is 4.98. The molecule has 4 atom stereocenters. The topological polar surface area (TPSA) is 84.6 Å². The number of aromatic nitrogens is 2. The van der Waals surface area contributed by atoms with Crippen LogP contribution in [-0.2, 0) is 9.53 Å². The van der Waals surface area contributed by atoms with Gasteiger partial charge in [0, 0.05) is 25.2 Å². The van der Waals surface area contributed by atoms with Crippen molar-refractivity contribution >= 4 is 12.0 Å². The van der Waals surface area contributed by atoms with E-state index >= 15 is 0 Å². The van der Waals surface area contributed by atoms with Crippen LogP contribution in [0.5, 0.6) is 0 Å². The molecule has 0 saturated heterocycles. The second-order valence-corrected chi connectivity index (χ2v) is 8.21. The van der Waals surface area contributed by atoms with Crippen LogP contribution in [0.1, 0.15) is 55.3 Å². The highest BCUT2D eigenvalue weighted by molar-refractivity contribution is 5.67. The van der Waals surface area contributed by atoms with Gasteiger partial charge in [-0.1, -0.05) is 60.7 Å². The molecule has 2 aromatic carbocycles. The fraction of sp³-hybridized carbons (Fsp3) is 0.308. The molecule has 0 bridgehead atoms. The van der Waals surface area contributed by atoms with E-state index in [-0.39, 0.29) is 24.7 Å². The monoisotopic (exact) mass is 432 g/mol. The van der Waals surface area contributed by atoms with Crippen LogP contribution in [0.15, 0.2) is 67.0 Å². The maximum atomic E-state index is 11.1. The second-order valence-electron chi connectivity index (χ2n) is 8.21. The molecule has 4 rings (SSSR count). The number of nitrogens with zero attached hydrogens (tertiary/aromatic N) is 2. The lowest BCUT2D eigenvalue weighted by molar-refractivity contribution is -0.142. The minimum absolute atomic E-state index is 0.0196. The fourth-order valence-corrected chi connectivity index (χ4v) is 3.97. The zero-order chi connectivity index (χ0) is 22.7. The predicted octanol–water partition coefficient (Wildman–Crippen LogP) is 4.27. The fourth-order valence-electron chi connectivity index (χ4n) is 3.97. The average Bonchev–Trinajstić information content (AvgIpc) is 3.36. The van der Waals surface area contributed by atoms with Crippen molar-refractivity contribution in [3.63, 3.8) is 0 Å². The number of aliphatic hydroxyl groups is 2. The molecule has 6 heteroatoms. The van der Waals surface area contributed by atoms with Gasteiger partial charge < -0.3 is 19.5 Å². The zero-order valence-electron chi connectivity index (χ0n) is 18.3. The number of carbonyl (C=O) groups excluding carboxylic acids is 1. The van der Waals surface area contributed by atoms with Gasteiger partial charge in [-0.05, 0) is 35.6 Å². The third-order valence-electron chi connectivity index (χ3n) is 5.76. The molecule has 1 fully saturated rings. The third-order valence-corrected chi connectivity index (χ3v) is 5.76. The normalized spacial score (nSPS) is 19.6. The van der Waals surface area contributed by atoms with Crippen molar-refractivity contribution in [1.82, 2.24) is 9.55 Å². The van der Waals surface area contributed by atoms with E-state index in [0.29, 0.717) is 11.7 Å². The van der Waals surface area contributed by atoms with Crippen LogP contribution < -0.4 is 0 Å². The number of hydrogen-bond donors (Lipinski definition) is 2. The molecule has 0 unspecified atom stereocenters. The van der Waals surface area contributed by atoms with Crippen molar-refractivity contribution in [2.45, 2.75) is 44.4 Å². The average molecular weight is 433 g/mol. The van der Waals surface area contributed by atoms with Crippen LogP contribution in [0.3, 0.4) is 0 Å². The second kappa shape index (κ2) is 9.51. The smallest absolute Gasteiger partial charge is 0.302 e. The Kier molecular flexibility index (Phi) is 6.53. The van der Waals surface area contributed by atoms with Crippen molar-refractivity contribution < 1.29 is 19.7 Å². The molecule has 0 radical (unpaired) electrons. The Morgan fingerprint density at radius 2 is 1.84 bits per heavy atom. The van der Waals surface area contributed by atoms with Crippen molar-refractivity contribution in [3.8, 4) is 11.1 Å². The van der Waals surface area contributed by atoms with Crippen LogP contribution in [0.2, 0.25) is 0 Å². The van der Waals surface area contributed by atoms with Gasteiger partial charge >= 0.3 is 5.97 Å². The van der Waals surface area contributed by atoms with E-state index in [2.05, 4.69) is 41.4 Å². The van der Waals surface area contributed by atoms with Gasteiger partial charge in [-0.15, -0.1) is 0 Å². The van der Waals surface area contributed by atoms with E-state index in [1.54, 1.807) is 23.9 Å². The summed E-state index contributed by atoms with van der Waals surface area (Å²) < 4.78 is 7.05. The minimum atomic E-state index is -0.703. The molecule has 2 N–H and O–H groups in total. The van der Waals surface area contributed by atoms with Gasteiger partial charge in [-0.25, -0.2) is 4.98 Å². The first kappa shape index (κ1) is 22.0. The predicted molar refractivity (Wildman–Crippen MR) is 123 cm³/mol. The number of carbonyl (C=O) groups is 1. The highest BCUT2D eigenvalue weighted by Crippen LogP contribution is 2.43. The quantitative estimate of drug-likeness (QED) is 0.520. The molecule has 1 heterocycles. The SMILES string of the molecule is CC(=O)O[C@@H]1C[C@H]1c1ccc(-c2ccc(/C=C/[C@@H](CO)n3ccnc3[C@H](C)O)cc2)cc1. The summed E-state index contributed by atoms with van der Waals surface area (Å²) in [4.78, 5) is 15.3. The number of benzene rings is 2. The Bertz CT molecular complexity index is 1080. The molecule has 0 spiro atoms. The van der Waals surface area contributed by atoms with Gasteiger partial charge in [0.05, 0.1) is 12.6 Å². The molecular formula is C26H28N2O4. The van der Waals surface area contributed by atoms with Crippen molar-refractivity contribution in [2.24, 2.45) is 0 Å². The number of esters is 1. The molecule has 6 nitrogen and oxygen atoms in total. The Labute approximate surface area is 187 Å². The maximum Gasteiger partial charge on any atom is 0.302 e. The van der Waals surface area contributed by atoms with Gasteiger partial charge in [0.25, 0.3) is 0 Å². The number of aliphatic hydroxyl groups excluding tert-OH is 2. The van der Waals surface area contributed by atoms with E-state index in [4.69, 9.17) is 4.74 Å². The van der Waals surface area contributed by atoms with E-state index < -0.39 is 6.10 Å². The van der Waals surface area contributed by atoms with Crippen LogP contribution >= 0.6 is 0 Å². The Morgan fingerprint density at radius 1 is 1.19 bits per heavy atom. The van der Waals surface area contributed by atoms with Crippen molar-refractivity contribution in [1.29, 1.82) is 0 Å². The van der Waals surface area contributed by atoms with Gasteiger partial charge in [0.1, 0.15) is 18.0 Å². The first-order chi connectivity index (χ1) is 15.5. The first-order valence-electron chi connectivity index (χ1n) is 10.8. The summed E-state index contributed by atoms with van der Waals surface area (Å²) >= 11 is 0. The van der Waals surface area contributed by atoms with Crippen LogP contribution in [0.4, 0.5) is 0 Å². The summed E-state index contributed by atoms with van der Waals surface area (Å²) in [6.07, 6.45) is 7.46. The molecule has 1 aliphatic rings. The molecule has 166 valence electrons. The summed E-state index contributed by atoms with van der Waals surface area (Å²) in [7, 11) is 0. The highest BCUT2D eigenvalue weighted by Gasteiger charge is 2.41. The minimum Gasteiger partial charge on any atom is -0.462 e. The van der Waals surface area contributed by atoms with Gasteiger partial charge in [0.2, 0.25) is 0 Å². The summed E-state index contributed by atoms with van der Waals surface area (Å²) in [6, 6.07) is 16.3. The van der Waals surface area contributed by atoms with E-state index in [0.717, 1.165) is 23.1 Å². The summed E-state index contributed by atoms with van der Waals surface area (Å²) in [5, 5.41) is 19.6. The number of rotatable bonds is 8. The van der Waals surface area contributed by atoms with E-state index in [1.807, 2.05) is 24.3 Å². The number of ether oxygens (including phenoxy) is 1. The molecule has 32 heavy (non-hydrogen) atoms. The maximum absolute atomic E-state index is 11.1.